The number of nitrogens with zero attached hydrogens (tertiary/aromatic N) is 1. The van der Waals surface area contributed by atoms with Gasteiger partial charge in [0.25, 0.3) is 10.2 Å². The van der Waals surface area contributed by atoms with Crippen LogP contribution >= 0.6 is 0 Å². The summed E-state index contributed by atoms with van der Waals surface area (Å²) >= 11 is 0. The summed E-state index contributed by atoms with van der Waals surface area (Å²) in [5.41, 5.74) is 0. The quantitative estimate of drug-likeness (QED) is 0.636. The molecule has 1 saturated carbocycles. The predicted molar refractivity (Wildman–Crippen MR) is 83.8 cm³/mol. The minimum absolute atomic E-state index is 0.553. The van der Waals surface area contributed by atoms with Crippen molar-refractivity contribution in [2.24, 2.45) is 11.8 Å². The van der Waals surface area contributed by atoms with Gasteiger partial charge in [-0.2, -0.15) is 12.7 Å². The lowest BCUT2D eigenvalue weighted by molar-refractivity contribution is 0.278. The predicted octanol–water partition coefficient (Wildman–Crippen LogP) is 1.58. The van der Waals surface area contributed by atoms with Gasteiger partial charge in [0.05, 0.1) is 0 Å². The maximum atomic E-state index is 12.0. The Morgan fingerprint density at radius 3 is 2.40 bits per heavy atom. The lowest BCUT2D eigenvalue weighted by atomic mass is 9.81. The van der Waals surface area contributed by atoms with E-state index in [1.54, 1.807) is 7.05 Å². The summed E-state index contributed by atoms with van der Waals surface area (Å²) in [6, 6.07) is 0. The number of hydrogen-bond donors (Lipinski definition) is 2. The molecule has 0 aliphatic heterocycles. The molecule has 0 heterocycles. The Hall–Kier alpha value is -0.170. The molecule has 0 spiro atoms. The van der Waals surface area contributed by atoms with Gasteiger partial charge in [-0.15, -0.1) is 0 Å². The summed E-state index contributed by atoms with van der Waals surface area (Å²) in [5.74, 6) is 1.55. The Labute approximate surface area is 124 Å². The van der Waals surface area contributed by atoms with Crippen LogP contribution in [0.3, 0.4) is 0 Å². The van der Waals surface area contributed by atoms with E-state index in [1.165, 1.54) is 30.0 Å². The lowest BCUT2D eigenvalue weighted by Crippen LogP contribution is -2.40. The van der Waals surface area contributed by atoms with Crippen LogP contribution < -0.4 is 10.0 Å². The van der Waals surface area contributed by atoms with Gasteiger partial charge in [-0.25, -0.2) is 4.72 Å². The normalized spacial score (nSPS) is 24.2. The number of hydrogen-bond acceptors (Lipinski definition) is 3. The smallest absolute Gasteiger partial charge is 0.279 e. The molecule has 5 nitrogen and oxygen atoms in total. The summed E-state index contributed by atoms with van der Waals surface area (Å²) in [4.78, 5) is 0. The van der Waals surface area contributed by atoms with Crippen LogP contribution in [0.2, 0.25) is 0 Å². The second-order valence-electron chi connectivity index (χ2n) is 6.09. The van der Waals surface area contributed by atoms with Crippen LogP contribution in [0.1, 0.15) is 45.4 Å². The van der Waals surface area contributed by atoms with E-state index >= 15 is 0 Å². The minimum Gasteiger partial charge on any atom is -0.320 e. The minimum atomic E-state index is -3.30. The fourth-order valence-corrected chi connectivity index (χ4v) is 3.68. The molecule has 0 saturated heterocycles. The molecule has 1 rings (SSSR count). The van der Waals surface area contributed by atoms with E-state index in [1.807, 2.05) is 7.05 Å². The molecule has 0 atom stereocenters. The van der Waals surface area contributed by atoms with Crippen molar-refractivity contribution in [3.8, 4) is 0 Å². The molecule has 0 aromatic carbocycles. The number of nitrogens with one attached hydrogen (secondary N) is 2. The highest BCUT2D eigenvalue weighted by atomic mass is 32.2. The van der Waals surface area contributed by atoms with Crippen LogP contribution in [-0.4, -0.2) is 46.5 Å². The number of rotatable bonds is 9. The van der Waals surface area contributed by atoms with Crippen LogP contribution in [0.5, 0.6) is 0 Å². The molecule has 2 N–H and O–H groups in total. The van der Waals surface area contributed by atoms with E-state index in [0.29, 0.717) is 19.0 Å². The maximum Gasteiger partial charge on any atom is 0.279 e. The van der Waals surface area contributed by atoms with Crippen molar-refractivity contribution >= 4 is 10.2 Å². The van der Waals surface area contributed by atoms with Crippen LogP contribution in [0.4, 0.5) is 0 Å². The zero-order valence-corrected chi connectivity index (χ0v) is 14.0. The summed E-state index contributed by atoms with van der Waals surface area (Å²) in [5, 5.41) is 3.02. The zero-order valence-electron chi connectivity index (χ0n) is 13.2. The van der Waals surface area contributed by atoms with Gasteiger partial charge >= 0.3 is 0 Å². The average molecular weight is 305 g/mol. The maximum absolute atomic E-state index is 12.0. The first-order valence-corrected chi connectivity index (χ1v) is 9.25. The molecule has 6 heteroatoms. The van der Waals surface area contributed by atoms with E-state index in [9.17, 15) is 8.42 Å². The molecule has 1 fully saturated rings. The Morgan fingerprint density at radius 2 is 1.80 bits per heavy atom. The van der Waals surface area contributed by atoms with E-state index < -0.39 is 10.2 Å². The van der Waals surface area contributed by atoms with Gasteiger partial charge in [-0.3, -0.25) is 0 Å². The topological polar surface area (TPSA) is 61.4 Å². The second kappa shape index (κ2) is 8.97. The molecular weight excluding hydrogens is 274 g/mol. The Balaban J connectivity index is 2.21. The van der Waals surface area contributed by atoms with Gasteiger partial charge in [-0.1, -0.05) is 32.6 Å². The van der Waals surface area contributed by atoms with E-state index in [0.717, 1.165) is 25.3 Å². The van der Waals surface area contributed by atoms with Gasteiger partial charge < -0.3 is 5.32 Å². The Morgan fingerprint density at radius 1 is 1.15 bits per heavy atom. The molecule has 0 aromatic heterocycles. The van der Waals surface area contributed by atoms with Crippen molar-refractivity contribution in [3.63, 3.8) is 0 Å². The third-order valence-corrected chi connectivity index (χ3v) is 5.85. The monoisotopic (exact) mass is 305 g/mol. The van der Waals surface area contributed by atoms with Gasteiger partial charge in [0.1, 0.15) is 0 Å². The lowest BCUT2D eigenvalue weighted by Gasteiger charge is -2.26. The molecule has 0 unspecified atom stereocenters. The third-order valence-electron chi connectivity index (χ3n) is 4.28. The molecule has 0 radical (unpaired) electrons. The Bertz CT molecular complexity index is 351. The van der Waals surface area contributed by atoms with Gasteiger partial charge in [-0.05, 0) is 38.3 Å². The van der Waals surface area contributed by atoms with Gasteiger partial charge in [0, 0.05) is 20.1 Å². The average Bonchev–Trinajstić information content (AvgIpc) is 2.41. The molecule has 1 aliphatic carbocycles. The van der Waals surface area contributed by atoms with Crippen LogP contribution in [0, 0.1) is 11.8 Å². The van der Waals surface area contributed by atoms with E-state index in [4.69, 9.17) is 0 Å². The molecule has 20 heavy (non-hydrogen) atoms. The largest absolute Gasteiger partial charge is 0.320 e. The summed E-state index contributed by atoms with van der Waals surface area (Å²) in [6.07, 6.45) is 6.88. The van der Waals surface area contributed by atoms with Crippen LogP contribution in [-0.2, 0) is 10.2 Å². The second-order valence-corrected chi connectivity index (χ2v) is 7.95. The van der Waals surface area contributed by atoms with Crippen LogP contribution in [0.25, 0.3) is 0 Å². The van der Waals surface area contributed by atoms with E-state index in [2.05, 4.69) is 17.0 Å². The van der Waals surface area contributed by atoms with E-state index in [-0.39, 0.29) is 0 Å². The standard InChI is InChI=1S/C14H31N3O2S/c1-13-5-7-14(8-6-13)9-11-16-20(18,19)17(3)12-4-10-15-2/h13-16H,4-12H2,1-3H3. The molecule has 0 aromatic rings. The van der Waals surface area contributed by atoms with Crippen LogP contribution in [0.15, 0.2) is 0 Å². The van der Waals surface area contributed by atoms with Crippen molar-refractivity contribution in [2.75, 3.05) is 33.7 Å². The van der Waals surface area contributed by atoms with Crippen molar-refractivity contribution in [1.82, 2.24) is 14.3 Å². The SMILES string of the molecule is CNCCCN(C)S(=O)(=O)NCCC1CCC(C)CC1. The fourth-order valence-electron chi connectivity index (χ4n) is 2.72. The molecule has 1 aliphatic rings. The fraction of sp³-hybridized carbons (Fsp3) is 1.00. The molecule has 0 bridgehead atoms. The first kappa shape index (κ1) is 17.9. The third kappa shape index (κ3) is 6.52. The summed E-state index contributed by atoms with van der Waals surface area (Å²) in [7, 11) is 0.215. The first-order chi connectivity index (χ1) is 9.45. The van der Waals surface area contributed by atoms with Gasteiger partial charge in [0.15, 0.2) is 0 Å². The highest BCUT2D eigenvalue weighted by Gasteiger charge is 2.20. The van der Waals surface area contributed by atoms with Crippen molar-refractivity contribution in [2.45, 2.75) is 45.4 Å². The Kier molecular flexibility index (Phi) is 8.02. The molecule has 120 valence electrons. The molecular formula is C14H31N3O2S. The zero-order chi connectivity index (χ0) is 15.0. The van der Waals surface area contributed by atoms with Gasteiger partial charge in [0.2, 0.25) is 0 Å². The van der Waals surface area contributed by atoms with Crippen molar-refractivity contribution < 1.29 is 8.42 Å². The summed E-state index contributed by atoms with van der Waals surface area (Å²) in [6.45, 7) is 4.26. The van der Waals surface area contributed by atoms with Crippen molar-refractivity contribution in [1.29, 1.82) is 0 Å². The van der Waals surface area contributed by atoms with Crippen molar-refractivity contribution in [3.05, 3.63) is 0 Å². The highest BCUT2D eigenvalue weighted by Crippen LogP contribution is 2.29. The highest BCUT2D eigenvalue weighted by molar-refractivity contribution is 7.87. The summed E-state index contributed by atoms with van der Waals surface area (Å²) < 4.78 is 28.2. The molecule has 0 amide bonds. The first-order valence-electron chi connectivity index (χ1n) is 7.81.